The average molecular weight is 309 g/mol. The molecule has 5 heterocycles. The van der Waals surface area contributed by atoms with Gasteiger partial charge in [-0.2, -0.15) is 0 Å². The molecule has 0 radical (unpaired) electrons. The molecule has 1 unspecified atom stereocenters. The molecule has 23 heavy (non-hydrogen) atoms. The second-order valence-electron chi connectivity index (χ2n) is 6.31. The molecule has 118 valence electrons. The number of pyridine rings is 1. The van der Waals surface area contributed by atoms with Crippen molar-refractivity contribution in [3.63, 3.8) is 0 Å². The summed E-state index contributed by atoms with van der Waals surface area (Å²) in [5.74, 6) is 6.76. The van der Waals surface area contributed by atoms with Gasteiger partial charge in [0.15, 0.2) is 5.76 Å². The lowest BCUT2D eigenvalue weighted by molar-refractivity contribution is 0.0618. The second-order valence-corrected chi connectivity index (χ2v) is 6.31. The molecule has 3 fully saturated rings. The number of fused-ring (bicyclic) bond motifs is 4. The van der Waals surface area contributed by atoms with Gasteiger partial charge in [0.2, 0.25) is 0 Å². The lowest BCUT2D eigenvalue weighted by Gasteiger charge is -2.44. The number of nitrogens with one attached hydrogen (secondary N) is 1. The van der Waals surface area contributed by atoms with E-state index in [0.717, 1.165) is 25.0 Å². The van der Waals surface area contributed by atoms with Gasteiger partial charge in [0, 0.05) is 36.3 Å². The van der Waals surface area contributed by atoms with Crippen LogP contribution in [0, 0.1) is 17.8 Å². The number of nitrogens with zero attached hydrogens (tertiary/aromatic N) is 2. The Balaban J connectivity index is 1.53. The molecule has 5 rings (SSSR count). The first-order valence-corrected chi connectivity index (χ1v) is 8.08. The summed E-state index contributed by atoms with van der Waals surface area (Å²) in [6.45, 7) is 5.04. The number of amides is 1. The van der Waals surface area contributed by atoms with Crippen LogP contribution in [-0.4, -0.2) is 41.5 Å². The lowest BCUT2D eigenvalue weighted by Crippen LogP contribution is -2.57. The van der Waals surface area contributed by atoms with Gasteiger partial charge in [-0.15, -0.1) is 0 Å². The molecule has 0 spiro atoms. The quantitative estimate of drug-likeness (QED) is 0.862. The Morgan fingerprint density at radius 3 is 2.91 bits per heavy atom. The molecule has 2 aromatic heterocycles. The van der Waals surface area contributed by atoms with Crippen LogP contribution in [0.2, 0.25) is 0 Å². The molecular formula is C18H19N3O2. The van der Waals surface area contributed by atoms with Crippen LogP contribution in [0.15, 0.2) is 22.7 Å². The average Bonchev–Trinajstić information content (AvgIpc) is 2.97. The van der Waals surface area contributed by atoms with Crippen molar-refractivity contribution >= 4 is 16.9 Å². The van der Waals surface area contributed by atoms with Gasteiger partial charge in [0.25, 0.3) is 5.91 Å². The number of hydrogen-bond acceptors (Lipinski definition) is 4. The van der Waals surface area contributed by atoms with E-state index < -0.39 is 0 Å². The summed E-state index contributed by atoms with van der Waals surface area (Å²) in [6, 6.07) is 3.78. The van der Waals surface area contributed by atoms with Gasteiger partial charge in [0.1, 0.15) is 11.3 Å². The molecule has 3 aliphatic rings. The molecule has 1 N–H and O–H groups in total. The van der Waals surface area contributed by atoms with E-state index in [4.69, 9.17) is 4.42 Å². The highest BCUT2D eigenvalue weighted by atomic mass is 16.3. The Kier molecular flexibility index (Phi) is 3.55. The maximum atomic E-state index is 12.5. The maximum Gasteiger partial charge on any atom is 0.270 e. The van der Waals surface area contributed by atoms with Crippen molar-refractivity contribution in [1.82, 2.24) is 15.2 Å². The number of aromatic nitrogens is 1. The van der Waals surface area contributed by atoms with Crippen molar-refractivity contribution in [2.75, 3.05) is 19.6 Å². The Morgan fingerprint density at radius 1 is 1.39 bits per heavy atom. The summed E-state index contributed by atoms with van der Waals surface area (Å²) in [7, 11) is 0. The third kappa shape index (κ3) is 2.71. The SMILES string of the molecule is CC#Cc1cc2cnc(C(=O)NC3CN4CCC3CC4)cc2o1. The fourth-order valence-electron chi connectivity index (χ4n) is 3.61. The van der Waals surface area contributed by atoms with E-state index in [1.165, 1.54) is 12.8 Å². The van der Waals surface area contributed by atoms with Crippen molar-refractivity contribution in [3.05, 3.63) is 29.8 Å². The molecule has 2 bridgehead atoms. The summed E-state index contributed by atoms with van der Waals surface area (Å²) in [5.41, 5.74) is 1.05. The first-order valence-electron chi connectivity index (χ1n) is 8.08. The smallest absolute Gasteiger partial charge is 0.270 e. The van der Waals surface area contributed by atoms with Crippen LogP contribution in [0.3, 0.4) is 0 Å². The minimum Gasteiger partial charge on any atom is -0.448 e. The van der Waals surface area contributed by atoms with Crippen LogP contribution in [0.5, 0.6) is 0 Å². The molecule has 2 aromatic rings. The van der Waals surface area contributed by atoms with Crippen LogP contribution in [0.4, 0.5) is 0 Å². The van der Waals surface area contributed by atoms with Crippen LogP contribution in [0.25, 0.3) is 11.0 Å². The number of hydrogen-bond donors (Lipinski definition) is 1. The summed E-state index contributed by atoms with van der Waals surface area (Å²) >= 11 is 0. The fraction of sp³-hybridized carbons (Fsp3) is 0.444. The molecule has 0 aliphatic carbocycles. The third-order valence-corrected chi connectivity index (χ3v) is 4.86. The van der Waals surface area contributed by atoms with Crippen molar-refractivity contribution in [2.45, 2.75) is 25.8 Å². The summed E-state index contributed by atoms with van der Waals surface area (Å²) in [4.78, 5) is 19.2. The van der Waals surface area contributed by atoms with Gasteiger partial charge in [-0.25, -0.2) is 0 Å². The van der Waals surface area contributed by atoms with Gasteiger partial charge in [-0.05, 0) is 44.7 Å². The molecular weight excluding hydrogens is 290 g/mol. The second kappa shape index (κ2) is 5.71. The monoisotopic (exact) mass is 309 g/mol. The zero-order valence-electron chi connectivity index (χ0n) is 13.1. The van der Waals surface area contributed by atoms with E-state index >= 15 is 0 Å². The van der Waals surface area contributed by atoms with Gasteiger partial charge in [0.05, 0.1) is 0 Å². The van der Waals surface area contributed by atoms with Crippen LogP contribution < -0.4 is 5.32 Å². The highest BCUT2D eigenvalue weighted by molar-refractivity contribution is 5.95. The van der Waals surface area contributed by atoms with E-state index in [0.29, 0.717) is 23.0 Å². The third-order valence-electron chi connectivity index (χ3n) is 4.86. The van der Waals surface area contributed by atoms with Crippen LogP contribution in [-0.2, 0) is 0 Å². The molecule has 3 saturated heterocycles. The number of carbonyl (C=O) groups excluding carboxylic acids is 1. The van der Waals surface area contributed by atoms with Crippen molar-refractivity contribution in [1.29, 1.82) is 0 Å². The maximum absolute atomic E-state index is 12.5. The first kappa shape index (κ1) is 14.3. The summed E-state index contributed by atoms with van der Waals surface area (Å²) < 4.78 is 5.64. The Bertz CT molecular complexity index is 807. The largest absolute Gasteiger partial charge is 0.448 e. The zero-order chi connectivity index (χ0) is 15.8. The predicted molar refractivity (Wildman–Crippen MR) is 87.0 cm³/mol. The number of rotatable bonds is 2. The first-order chi connectivity index (χ1) is 11.2. The molecule has 5 nitrogen and oxygen atoms in total. The van der Waals surface area contributed by atoms with Crippen LogP contribution in [0.1, 0.15) is 36.0 Å². The highest BCUT2D eigenvalue weighted by Gasteiger charge is 2.35. The Hall–Kier alpha value is -2.32. The molecule has 1 atom stereocenters. The number of piperidine rings is 3. The highest BCUT2D eigenvalue weighted by Crippen LogP contribution is 2.27. The normalized spacial score (nSPS) is 25.9. The minimum atomic E-state index is -0.120. The van der Waals surface area contributed by atoms with E-state index in [2.05, 4.69) is 27.0 Å². The molecule has 5 heteroatoms. The van der Waals surface area contributed by atoms with E-state index in [9.17, 15) is 4.79 Å². The minimum absolute atomic E-state index is 0.120. The topological polar surface area (TPSA) is 58.4 Å². The van der Waals surface area contributed by atoms with Crippen molar-refractivity contribution < 1.29 is 9.21 Å². The van der Waals surface area contributed by atoms with Crippen LogP contribution >= 0.6 is 0 Å². The number of furan rings is 1. The molecule has 1 amide bonds. The standard InChI is InChI=1S/C18H19N3O2/c1-2-3-14-8-13-10-19-15(9-17(13)23-14)18(22)20-16-11-21-6-4-12(16)5-7-21/h8-10,12,16H,4-7,11H2,1H3,(H,20,22). The predicted octanol–water partition coefficient (Wildman–Crippen LogP) is 2.02. The van der Waals surface area contributed by atoms with Crippen molar-refractivity contribution in [2.24, 2.45) is 5.92 Å². The van der Waals surface area contributed by atoms with E-state index in [1.807, 2.05) is 6.07 Å². The summed E-state index contributed by atoms with van der Waals surface area (Å²) in [5, 5.41) is 4.01. The Labute approximate surface area is 135 Å². The van der Waals surface area contributed by atoms with Gasteiger partial charge < -0.3 is 14.6 Å². The van der Waals surface area contributed by atoms with E-state index in [-0.39, 0.29) is 11.9 Å². The Morgan fingerprint density at radius 2 is 2.22 bits per heavy atom. The van der Waals surface area contributed by atoms with E-state index in [1.54, 1.807) is 19.2 Å². The van der Waals surface area contributed by atoms with Gasteiger partial charge in [-0.1, -0.05) is 5.92 Å². The van der Waals surface area contributed by atoms with Crippen molar-refractivity contribution in [3.8, 4) is 11.8 Å². The molecule has 3 aliphatic heterocycles. The number of carbonyl (C=O) groups is 1. The molecule has 0 aromatic carbocycles. The summed E-state index contributed by atoms with van der Waals surface area (Å²) in [6.07, 6.45) is 4.02. The van der Waals surface area contributed by atoms with Gasteiger partial charge >= 0.3 is 0 Å². The molecule has 0 saturated carbocycles. The lowest BCUT2D eigenvalue weighted by atomic mass is 9.84. The van der Waals surface area contributed by atoms with Gasteiger partial charge in [-0.3, -0.25) is 9.78 Å². The fourth-order valence-corrected chi connectivity index (χ4v) is 3.61. The zero-order valence-corrected chi connectivity index (χ0v) is 13.1.